The van der Waals surface area contributed by atoms with Crippen molar-refractivity contribution in [3.8, 4) is 0 Å². The van der Waals surface area contributed by atoms with Gasteiger partial charge in [0.1, 0.15) is 0 Å². The lowest BCUT2D eigenvalue weighted by molar-refractivity contribution is 1.75. The van der Waals surface area contributed by atoms with E-state index in [1.807, 2.05) is 24.3 Å². The molecule has 13 heavy (non-hydrogen) atoms. The number of hydrogen-bond acceptors (Lipinski definition) is 1. The van der Waals surface area contributed by atoms with Crippen molar-refractivity contribution in [1.29, 1.82) is 0 Å². The monoisotopic (exact) mass is 188 g/mol. The van der Waals surface area contributed by atoms with Crippen LogP contribution in [0.4, 0.5) is 0 Å². The van der Waals surface area contributed by atoms with Gasteiger partial charge in [0.25, 0.3) is 0 Å². The minimum atomic E-state index is 1.10. The second-order valence-electron chi connectivity index (χ2n) is 2.47. The molecule has 0 saturated carbocycles. The Balaban J connectivity index is 3.50. The Bertz CT molecular complexity index is 332. The lowest BCUT2D eigenvalue weighted by Gasteiger charge is -1.93. The van der Waals surface area contributed by atoms with Gasteiger partial charge in [-0.25, -0.2) is 0 Å². The third-order valence-electron chi connectivity index (χ3n) is 1.82. The molecule has 0 aliphatic rings. The van der Waals surface area contributed by atoms with E-state index in [1.54, 1.807) is 11.3 Å². The topological polar surface area (TPSA) is 0 Å². The Morgan fingerprint density at radius 3 is 1.31 bits per heavy atom. The summed E-state index contributed by atoms with van der Waals surface area (Å²) < 4.78 is 0. The second kappa shape index (κ2) is 4.06. The fourth-order valence-corrected chi connectivity index (χ4v) is 2.23. The van der Waals surface area contributed by atoms with Crippen molar-refractivity contribution in [3.05, 3.63) is 47.2 Å². The van der Waals surface area contributed by atoms with Gasteiger partial charge in [0.15, 0.2) is 0 Å². The van der Waals surface area contributed by atoms with E-state index in [0.29, 0.717) is 0 Å². The van der Waals surface area contributed by atoms with E-state index in [-0.39, 0.29) is 0 Å². The fourth-order valence-electron chi connectivity index (χ4n) is 1.22. The van der Waals surface area contributed by atoms with Crippen molar-refractivity contribution >= 4 is 35.6 Å². The molecule has 1 aromatic heterocycles. The summed E-state index contributed by atoms with van der Waals surface area (Å²) >= 11 is 1.66. The van der Waals surface area contributed by atoms with Crippen LogP contribution in [-0.4, -0.2) is 0 Å². The molecule has 66 valence electrons. The number of thiophene rings is 1. The molecule has 1 heterocycles. The first-order valence-corrected chi connectivity index (χ1v) is 4.76. The molecule has 1 heteroatoms. The van der Waals surface area contributed by atoms with Crippen LogP contribution in [0.25, 0.3) is 24.3 Å². The fraction of sp³-hybridized carbons (Fsp3) is 0. The number of hydrogen-bond donors (Lipinski definition) is 0. The van der Waals surface area contributed by atoms with E-state index in [1.165, 1.54) is 0 Å². The molecule has 0 bridgehead atoms. The zero-order chi connectivity index (χ0) is 9.84. The smallest absolute Gasteiger partial charge is 0.0349 e. The Kier molecular flexibility index (Phi) is 3.04. The van der Waals surface area contributed by atoms with Crippen LogP contribution in [0.1, 0.15) is 20.9 Å². The summed E-state index contributed by atoms with van der Waals surface area (Å²) in [4.78, 5) is 2.25. The molecule has 0 saturated heterocycles. The molecule has 0 amide bonds. The highest BCUT2D eigenvalue weighted by Gasteiger charge is 2.08. The van der Waals surface area contributed by atoms with Crippen molar-refractivity contribution < 1.29 is 0 Å². The molecule has 1 aromatic rings. The van der Waals surface area contributed by atoms with Gasteiger partial charge < -0.3 is 0 Å². The lowest BCUT2D eigenvalue weighted by Crippen LogP contribution is -1.75. The first-order chi connectivity index (χ1) is 6.28. The molecule has 0 aliphatic carbocycles. The molecule has 0 N–H and O–H groups in total. The van der Waals surface area contributed by atoms with Crippen molar-refractivity contribution in [2.45, 2.75) is 0 Å². The predicted molar refractivity (Wildman–Crippen MR) is 64.7 cm³/mol. The summed E-state index contributed by atoms with van der Waals surface area (Å²) in [6, 6.07) is 0. The van der Waals surface area contributed by atoms with Gasteiger partial charge in [-0.05, 0) is 11.1 Å². The SMILES string of the molecule is C=Cc1sc(C=C)c(C=C)c1C=C. The van der Waals surface area contributed by atoms with E-state index >= 15 is 0 Å². The van der Waals surface area contributed by atoms with Gasteiger partial charge in [-0.15, -0.1) is 11.3 Å². The maximum absolute atomic E-state index is 3.77. The maximum Gasteiger partial charge on any atom is 0.0349 e. The largest absolute Gasteiger partial charge is 0.135 e. The molecule has 0 radical (unpaired) electrons. The van der Waals surface area contributed by atoms with E-state index in [2.05, 4.69) is 26.3 Å². The molecule has 0 nitrogen and oxygen atoms in total. The van der Waals surface area contributed by atoms with E-state index in [9.17, 15) is 0 Å². The highest BCUT2D eigenvalue weighted by atomic mass is 32.1. The molecule has 0 fully saturated rings. The minimum absolute atomic E-state index is 1.10. The highest BCUT2D eigenvalue weighted by molar-refractivity contribution is 7.14. The standard InChI is InChI=1S/C12H12S/c1-5-9-10(6-2)12(8-4)13-11(9)7-3/h5-8H,1-4H2. The summed E-state index contributed by atoms with van der Waals surface area (Å²) in [5.41, 5.74) is 2.20. The first kappa shape index (κ1) is 9.75. The molecular formula is C12H12S. The summed E-state index contributed by atoms with van der Waals surface area (Å²) in [5, 5.41) is 0. The predicted octanol–water partition coefficient (Wildman–Crippen LogP) is 4.32. The second-order valence-corrected chi connectivity index (χ2v) is 3.56. The molecule has 0 unspecified atom stereocenters. The van der Waals surface area contributed by atoms with Gasteiger partial charge in [0.05, 0.1) is 0 Å². The summed E-state index contributed by atoms with van der Waals surface area (Å²) in [7, 11) is 0. The van der Waals surface area contributed by atoms with Gasteiger partial charge in [-0.3, -0.25) is 0 Å². The Labute approximate surface area is 83.2 Å². The minimum Gasteiger partial charge on any atom is -0.135 e. The highest BCUT2D eigenvalue weighted by Crippen LogP contribution is 2.31. The third kappa shape index (κ3) is 1.56. The zero-order valence-corrected chi connectivity index (χ0v) is 8.36. The molecule has 0 aromatic carbocycles. The van der Waals surface area contributed by atoms with E-state index < -0.39 is 0 Å². The zero-order valence-electron chi connectivity index (χ0n) is 7.55. The lowest BCUT2D eigenvalue weighted by atomic mass is 10.1. The average Bonchev–Trinajstić information content (AvgIpc) is 2.54. The molecular weight excluding hydrogens is 176 g/mol. The van der Waals surface area contributed by atoms with Crippen molar-refractivity contribution in [3.63, 3.8) is 0 Å². The number of rotatable bonds is 4. The molecule has 1 rings (SSSR count). The van der Waals surface area contributed by atoms with Crippen LogP contribution in [-0.2, 0) is 0 Å². The Morgan fingerprint density at radius 2 is 1.08 bits per heavy atom. The molecule has 0 atom stereocenters. The maximum atomic E-state index is 3.77. The van der Waals surface area contributed by atoms with Gasteiger partial charge >= 0.3 is 0 Å². The van der Waals surface area contributed by atoms with Crippen LogP contribution in [0, 0.1) is 0 Å². The van der Waals surface area contributed by atoms with E-state index in [0.717, 1.165) is 20.9 Å². The van der Waals surface area contributed by atoms with Gasteiger partial charge in [0, 0.05) is 9.75 Å². The Morgan fingerprint density at radius 1 is 0.692 bits per heavy atom. The van der Waals surface area contributed by atoms with Crippen LogP contribution in [0.3, 0.4) is 0 Å². The van der Waals surface area contributed by atoms with Crippen LogP contribution in [0.15, 0.2) is 26.3 Å². The summed E-state index contributed by atoms with van der Waals surface area (Å²) in [6.07, 6.45) is 7.33. The van der Waals surface area contributed by atoms with Crippen molar-refractivity contribution in [2.75, 3.05) is 0 Å². The summed E-state index contributed by atoms with van der Waals surface area (Å²) in [5.74, 6) is 0. The van der Waals surface area contributed by atoms with Crippen molar-refractivity contribution in [2.24, 2.45) is 0 Å². The Hall–Kier alpha value is -1.34. The molecule has 0 spiro atoms. The van der Waals surface area contributed by atoms with Gasteiger partial charge in [-0.2, -0.15) is 0 Å². The normalized spacial score (nSPS) is 9.23. The van der Waals surface area contributed by atoms with Gasteiger partial charge in [-0.1, -0.05) is 50.6 Å². The van der Waals surface area contributed by atoms with Gasteiger partial charge in [0.2, 0.25) is 0 Å². The van der Waals surface area contributed by atoms with E-state index in [4.69, 9.17) is 0 Å². The van der Waals surface area contributed by atoms with Crippen molar-refractivity contribution in [1.82, 2.24) is 0 Å². The van der Waals surface area contributed by atoms with Crippen LogP contribution in [0.2, 0.25) is 0 Å². The van der Waals surface area contributed by atoms with Crippen LogP contribution in [0.5, 0.6) is 0 Å². The summed E-state index contributed by atoms with van der Waals surface area (Å²) in [6.45, 7) is 15.1. The average molecular weight is 188 g/mol. The molecule has 0 aliphatic heterocycles. The first-order valence-electron chi connectivity index (χ1n) is 3.95. The third-order valence-corrected chi connectivity index (χ3v) is 3.03. The quantitative estimate of drug-likeness (QED) is 0.660. The van der Waals surface area contributed by atoms with Crippen LogP contribution >= 0.6 is 11.3 Å². The van der Waals surface area contributed by atoms with Crippen LogP contribution < -0.4 is 0 Å².